The third-order valence-corrected chi connectivity index (χ3v) is 1.71. The van der Waals surface area contributed by atoms with E-state index in [1.807, 2.05) is 24.4 Å². The highest BCUT2D eigenvalue weighted by Crippen LogP contribution is 2.10. The minimum absolute atomic E-state index is 0.338. The van der Waals surface area contributed by atoms with E-state index in [1.165, 1.54) is 0 Å². The molecule has 0 saturated carbocycles. The molecule has 0 fully saturated rings. The first-order valence-corrected chi connectivity index (χ1v) is 4.05. The molecule has 0 unspecified atom stereocenters. The molecule has 0 aliphatic carbocycles. The number of hydrogen-bond acceptors (Lipinski definition) is 2. The highest BCUT2D eigenvalue weighted by Gasteiger charge is 2.14. The van der Waals surface area contributed by atoms with Crippen molar-refractivity contribution in [1.82, 2.24) is 5.10 Å². The molecular formula is C9H11N2O+. The molecule has 0 saturated heterocycles. The predicted octanol–water partition coefficient (Wildman–Crippen LogP) is 1.54. The third kappa shape index (κ3) is 1.07. The lowest BCUT2D eigenvalue weighted by Gasteiger charge is -1.88. The Hall–Kier alpha value is -1.38. The molecule has 3 nitrogen and oxygen atoms in total. The van der Waals surface area contributed by atoms with Gasteiger partial charge < -0.3 is 4.42 Å². The molecule has 62 valence electrons. The topological polar surface area (TPSA) is 30.1 Å². The Morgan fingerprint density at radius 3 is 2.92 bits per heavy atom. The monoisotopic (exact) mass is 163 g/mol. The van der Waals surface area contributed by atoms with Crippen LogP contribution in [0.2, 0.25) is 0 Å². The summed E-state index contributed by atoms with van der Waals surface area (Å²) in [6.45, 7) is 4.12. The average Bonchev–Trinajstić information content (AvgIpc) is 2.46. The van der Waals surface area contributed by atoms with Crippen LogP contribution in [0.5, 0.6) is 0 Å². The molecule has 0 aliphatic heterocycles. The Labute approximate surface area is 70.6 Å². The van der Waals surface area contributed by atoms with Crippen molar-refractivity contribution < 1.29 is 8.93 Å². The first-order valence-electron chi connectivity index (χ1n) is 4.05. The molecular weight excluding hydrogens is 152 g/mol. The van der Waals surface area contributed by atoms with Crippen LogP contribution in [-0.2, 0) is 0 Å². The second-order valence-corrected chi connectivity index (χ2v) is 3.08. The van der Waals surface area contributed by atoms with Gasteiger partial charge in [-0.2, -0.15) is 0 Å². The third-order valence-electron chi connectivity index (χ3n) is 1.71. The highest BCUT2D eigenvalue weighted by molar-refractivity contribution is 5.22. The van der Waals surface area contributed by atoms with E-state index in [0.29, 0.717) is 5.92 Å². The van der Waals surface area contributed by atoms with E-state index < -0.39 is 0 Å². The van der Waals surface area contributed by atoms with Gasteiger partial charge >= 0.3 is 5.71 Å². The lowest BCUT2D eigenvalue weighted by Crippen LogP contribution is -2.21. The molecule has 0 amide bonds. The Morgan fingerprint density at radius 1 is 1.42 bits per heavy atom. The summed E-state index contributed by atoms with van der Waals surface area (Å²) in [4.78, 5) is 0. The zero-order valence-corrected chi connectivity index (χ0v) is 7.19. The van der Waals surface area contributed by atoms with Crippen molar-refractivity contribution in [3.63, 3.8) is 0 Å². The van der Waals surface area contributed by atoms with Crippen molar-refractivity contribution >= 4 is 5.71 Å². The van der Waals surface area contributed by atoms with Gasteiger partial charge in [-0.15, -0.1) is 0 Å². The standard InChI is InChI=1S/C9H11N2O/c1-7(2)9-10-11-6-4-3-5-8(11)12-9/h3-7H,1-2H3/q+1. The summed E-state index contributed by atoms with van der Waals surface area (Å²) in [6.07, 6.45) is 1.88. The Balaban J connectivity index is 2.62. The largest absolute Gasteiger partial charge is 0.405 e. The number of aromatic nitrogens is 2. The van der Waals surface area contributed by atoms with Gasteiger partial charge in [0, 0.05) is 17.1 Å². The maximum absolute atomic E-state index is 5.48. The maximum Gasteiger partial charge on any atom is 0.405 e. The van der Waals surface area contributed by atoms with Gasteiger partial charge in [-0.05, 0) is 10.6 Å². The smallest absolute Gasteiger partial charge is 0.382 e. The van der Waals surface area contributed by atoms with E-state index >= 15 is 0 Å². The summed E-state index contributed by atoms with van der Waals surface area (Å²) in [5, 5.41) is 4.26. The molecule has 0 N–H and O–H groups in total. The highest BCUT2D eigenvalue weighted by atomic mass is 16.4. The second-order valence-electron chi connectivity index (χ2n) is 3.08. The van der Waals surface area contributed by atoms with Gasteiger partial charge in [0.1, 0.15) is 0 Å². The van der Waals surface area contributed by atoms with E-state index in [0.717, 1.165) is 11.6 Å². The van der Waals surface area contributed by atoms with Crippen molar-refractivity contribution in [2.75, 3.05) is 0 Å². The van der Waals surface area contributed by atoms with Crippen LogP contribution in [0.1, 0.15) is 25.7 Å². The van der Waals surface area contributed by atoms with Crippen LogP contribution in [0.25, 0.3) is 5.71 Å². The number of hydrogen-bond donors (Lipinski definition) is 0. The van der Waals surface area contributed by atoms with Crippen LogP contribution >= 0.6 is 0 Å². The molecule has 2 heterocycles. The van der Waals surface area contributed by atoms with Crippen molar-refractivity contribution in [3.8, 4) is 0 Å². The Morgan fingerprint density at radius 2 is 2.25 bits per heavy atom. The lowest BCUT2D eigenvalue weighted by atomic mass is 10.2. The van der Waals surface area contributed by atoms with Crippen molar-refractivity contribution in [1.29, 1.82) is 0 Å². The molecule has 2 aromatic heterocycles. The summed E-state index contributed by atoms with van der Waals surface area (Å²) in [5.41, 5.74) is 0.793. The van der Waals surface area contributed by atoms with Gasteiger partial charge in [0.2, 0.25) is 6.20 Å². The predicted molar refractivity (Wildman–Crippen MR) is 43.8 cm³/mol. The lowest BCUT2D eigenvalue weighted by molar-refractivity contribution is -0.580. The fraction of sp³-hybridized carbons (Fsp3) is 0.333. The van der Waals surface area contributed by atoms with Crippen LogP contribution in [0.4, 0.5) is 0 Å². The molecule has 2 rings (SSSR count). The molecule has 12 heavy (non-hydrogen) atoms. The van der Waals surface area contributed by atoms with Crippen LogP contribution in [0.3, 0.4) is 0 Å². The van der Waals surface area contributed by atoms with Gasteiger partial charge in [0.15, 0.2) is 0 Å². The summed E-state index contributed by atoms with van der Waals surface area (Å²) in [6, 6.07) is 5.77. The van der Waals surface area contributed by atoms with Gasteiger partial charge in [0.25, 0.3) is 5.89 Å². The zero-order chi connectivity index (χ0) is 8.55. The first kappa shape index (κ1) is 7.28. The molecule has 3 heteroatoms. The van der Waals surface area contributed by atoms with Crippen molar-refractivity contribution in [2.45, 2.75) is 19.8 Å². The molecule has 0 aromatic carbocycles. The maximum atomic E-state index is 5.48. The zero-order valence-electron chi connectivity index (χ0n) is 7.19. The fourth-order valence-electron chi connectivity index (χ4n) is 1.05. The van der Waals surface area contributed by atoms with E-state index in [2.05, 4.69) is 18.9 Å². The molecule has 0 radical (unpaired) electrons. The first-order chi connectivity index (χ1) is 5.77. The number of pyridine rings is 1. The van der Waals surface area contributed by atoms with E-state index in [1.54, 1.807) is 4.52 Å². The van der Waals surface area contributed by atoms with Crippen LogP contribution < -0.4 is 4.52 Å². The summed E-state index contributed by atoms with van der Waals surface area (Å²) < 4.78 is 7.23. The Bertz CT molecular complexity index is 359. The normalized spacial score (nSPS) is 11.2. The summed E-state index contributed by atoms with van der Waals surface area (Å²) in [7, 11) is 0. The van der Waals surface area contributed by atoms with Crippen LogP contribution in [-0.4, -0.2) is 5.10 Å². The van der Waals surface area contributed by atoms with Crippen molar-refractivity contribution in [3.05, 3.63) is 30.3 Å². The molecule has 0 aliphatic rings. The van der Waals surface area contributed by atoms with Gasteiger partial charge in [-0.3, -0.25) is 0 Å². The number of fused-ring (bicyclic) bond motifs is 1. The Kier molecular flexibility index (Phi) is 1.57. The van der Waals surface area contributed by atoms with Gasteiger partial charge in [0.05, 0.1) is 6.07 Å². The minimum atomic E-state index is 0.338. The average molecular weight is 163 g/mol. The van der Waals surface area contributed by atoms with E-state index in [4.69, 9.17) is 4.42 Å². The van der Waals surface area contributed by atoms with Crippen LogP contribution in [0.15, 0.2) is 28.8 Å². The van der Waals surface area contributed by atoms with Crippen LogP contribution in [0, 0.1) is 0 Å². The van der Waals surface area contributed by atoms with Crippen molar-refractivity contribution in [2.24, 2.45) is 0 Å². The van der Waals surface area contributed by atoms with Gasteiger partial charge in [-0.1, -0.05) is 13.8 Å². The fourth-order valence-corrected chi connectivity index (χ4v) is 1.05. The number of nitrogens with zero attached hydrogens (tertiary/aromatic N) is 2. The van der Waals surface area contributed by atoms with Gasteiger partial charge in [-0.25, -0.2) is 0 Å². The summed E-state index contributed by atoms with van der Waals surface area (Å²) >= 11 is 0. The molecule has 0 spiro atoms. The molecule has 2 aromatic rings. The van der Waals surface area contributed by atoms with E-state index in [9.17, 15) is 0 Å². The molecule has 0 bridgehead atoms. The quantitative estimate of drug-likeness (QED) is 0.597. The summed E-state index contributed by atoms with van der Waals surface area (Å²) in [5.74, 6) is 1.12. The minimum Gasteiger partial charge on any atom is -0.382 e. The van der Waals surface area contributed by atoms with E-state index in [-0.39, 0.29) is 0 Å². The SMILES string of the molecule is CC(C)c1n[n+]2ccccc2o1. The molecule has 0 atom stereocenters. The second kappa shape index (κ2) is 2.59. The number of rotatable bonds is 1.